The molecule has 0 saturated heterocycles. The fourth-order valence-electron chi connectivity index (χ4n) is 4.79. The van der Waals surface area contributed by atoms with Gasteiger partial charge >= 0.3 is 0 Å². The van der Waals surface area contributed by atoms with E-state index in [1.165, 1.54) is 22.3 Å². The molecule has 3 aromatic rings. The Hall–Kier alpha value is -4.40. The molecule has 0 spiro atoms. The van der Waals surface area contributed by atoms with Gasteiger partial charge in [-0.3, -0.25) is 5.41 Å². The van der Waals surface area contributed by atoms with Crippen LogP contribution < -0.4 is 9.47 Å². The van der Waals surface area contributed by atoms with Crippen LogP contribution >= 0.6 is 0 Å². The number of hydrogen-bond donors (Lipinski definition) is 2. The average Bonchev–Trinajstić information content (AvgIpc) is 3.46. The zero-order valence-corrected chi connectivity index (χ0v) is 18.9. The van der Waals surface area contributed by atoms with Crippen molar-refractivity contribution in [2.45, 2.75) is 19.3 Å². The number of rotatable bonds is 4. The Balaban J connectivity index is 1.30. The molecule has 34 heavy (non-hydrogen) atoms. The zero-order chi connectivity index (χ0) is 23.4. The maximum atomic E-state index is 8.45. The number of benzene rings is 3. The molecule has 4 heteroatoms. The summed E-state index contributed by atoms with van der Waals surface area (Å²) in [4.78, 5) is 0. The Labute approximate surface area is 198 Å². The third-order valence-corrected chi connectivity index (χ3v) is 6.65. The van der Waals surface area contributed by atoms with Crippen molar-refractivity contribution in [1.82, 2.24) is 0 Å². The molecule has 0 fully saturated rings. The topological polar surface area (TPSA) is 66.2 Å². The van der Waals surface area contributed by atoms with Gasteiger partial charge in [0.1, 0.15) is 0 Å². The molecule has 0 radical (unpaired) electrons. The Morgan fingerprint density at radius 2 is 1.53 bits per heavy atom. The van der Waals surface area contributed by atoms with Crippen molar-refractivity contribution in [2.75, 3.05) is 0 Å². The van der Waals surface area contributed by atoms with Gasteiger partial charge in [-0.2, -0.15) is 0 Å². The van der Waals surface area contributed by atoms with Crippen molar-refractivity contribution >= 4 is 11.4 Å². The van der Waals surface area contributed by atoms with Crippen molar-refractivity contribution in [3.63, 3.8) is 0 Å². The molecule has 3 aliphatic rings. The molecular weight excluding hydrogens is 420 g/mol. The summed E-state index contributed by atoms with van der Waals surface area (Å²) in [5.74, 6) is 2.58. The summed E-state index contributed by atoms with van der Waals surface area (Å²) in [5, 5.41) is 16.6. The molecule has 2 aliphatic carbocycles. The SMILES string of the molecule is CC1(C)c2ccccc2-c2cc3c(cc21)Oc1ccc(C(=N)/C=C\C(=N)C2=C=CC=C2)cc1O3. The Morgan fingerprint density at radius 1 is 0.794 bits per heavy atom. The minimum Gasteiger partial charge on any atom is -0.450 e. The molecular formula is C30H22N2O2. The maximum Gasteiger partial charge on any atom is 0.170 e. The molecule has 0 aromatic heterocycles. The second kappa shape index (κ2) is 7.31. The number of fused-ring (bicyclic) bond motifs is 5. The lowest BCUT2D eigenvalue weighted by atomic mass is 9.82. The highest BCUT2D eigenvalue weighted by Crippen LogP contribution is 2.54. The van der Waals surface area contributed by atoms with Crippen molar-refractivity contribution in [2.24, 2.45) is 0 Å². The molecule has 0 bridgehead atoms. The highest BCUT2D eigenvalue weighted by Gasteiger charge is 2.37. The van der Waals surface area contributed by atoms with E-state index in [1.807, 2.05) is 30.4 Å². The molecule has 0 atom stereocenters. The monoisotopic (exact) mass is 442 g/mol. The first-order valence-corrected chi connectivity index (χ1v) is 11.2. The van der Waals surface area contributed by atoms with Crippen LogP contribution in [-0.4, -0.2) is 11.4 Å². The van der Waals surface area contributed by atoms with Gasteiger partial charge in [0, 0.05) is 16.6 Å². The molecule has 3 aromatic carbocycles. The number of ether oxygens (including phenoxy) is 2. The van der Waals surface area contributed by atoms with E-state index in [1.54, 1.807) is 18.2 Å². The van der Waals surface area contributed by atoms with Gasteiger partial charge in [0.2, 0.25) is 0 Å². The second-order valence-corrected chi connectivity index (χ2v) is 9.13. The summed E-state index contributed by atoms with van der Waals surface area (Å²) >= 11 is 0. The molecule has 6 rings (SSSR count). The second-order valence-electron chi connectivity index (χ2n) is 9.13. The lowest BCUT2D eigenvalue weighted by molar-refractivity contribution is 0.359. The van der Waals surface area contributed by atoms with Gasteiger partial charge < -0.3 is 14.9 Å². The standard InChI is InChI=1S/C30H22N2O2/c1-30(2)22-10-6-5-9-20(22)21-16-28-29(17-23(21)30)33-26-14-11-19(15-27(26)34-28)25(32)13-12-24(31)18-7-3-4-8-18/h3-7,9-17,31-32H,1-2H3/b13-12-,31-24?,32-25?. The Kier molecular flexibility index (Phi) is 4.35. The van der Waals surface area contributed by atoms with E-state index in [2.05, 4.69) is 56.0 Å². The van der Waals surface area contributed by atoms with Gasteiger partial charge in [-0.05, 0) is 76.9 Å². The quantitative estimate of drug-likeness (QED) is 0.254. The normalized spacial score (nSPS) is 15.6. The molecule has 2 N–H and O–H groups in total. The summed E-state index contributed by atoms with van der Waals surface area (Å²) in [6.07, 6.45) is 8.68. The third-order valence-electron chi connectivity index (χ3n) is 6.65. The largest absolute Gasteiger partial charge is 0.450 e. The van der Waals surface area contributed by atoms with Crippen molar-refractivity contribution < 1.29 is 9.47 Å². The van der Waals surface area contributed by atoms with E-state index in [-0.39, 0.29) is 11.1 Å². The molecule has 0 saturated carbocycles. The van der Waals surface area contributed by atoms with Gasteiger partial charge in [0.15, 0.2) is 23.0 Å². The summed E-state index contributed by atoms with van der Waals surface area (Å²) in [7, 11) is 0. The first kappa shape index (κ1) is 20.2. The highest BCUT2D eigenvalue weighted by atomic mass is 16.6. The average molecular weight is 443 g/mol. The summed E-state index contributed by atoms with van der Waals surface area (Å²) in [5.41, 5.74) is 9.82. The fraction of sp³-hybridized carbons (Fsp3) is 0.100. The highest BCUT2D eigenvalue weighted by molar-refractivity contribution is 6.14. The molecule has 0 unspecified atom stereocenters. The van der Waals surface area contributed by atoms with E-state index in [0.717, 1.165) is 0 Å². The van der Waals surface area contributed by atoms with Gasteiger partial charge in [-0.25, -0.2) is 0 Å². The fourth-order valence-corrected chi connectivity index (χ4v) is 4.79. The van der Waals surface area contributed by atoms with Gasteiger partial charge in [-0.15, -0.1) is 5.73 Å². The zero-order valence-electron chi connectivity index (χ0n) is 18.9. The molecule has 1 aliphatic heterocycles. The minimum atomic E-state index is -0.107. The number of nitrogens with one attached hydrogen (secondary N) is 2. The van der Waals surface area contributed by atoms with Crippen molar-refractivity contribution in [3.8, 4) is 34.1 Å². The minimum absolute atomic E-state index is 0.107. The first-order valence-electron chi connectivity index (χ1n) is 11.2. The number of allylic oxidation sites excluding steroid dienone is 5. The van der Waals surface area contributed by atoms with Crippen LogP contribution in [0.5, 0.6) is 23.0 Å². The van der Waals surface area contributed by atoms with E-state index < -0.39 is 0 Å². The van der Waals surface area contributed by atoms with Crippen LogP contribution in [0.3, 0.4) is 0 Å². The van der Waals surface area contributed by atoms with E-state index >= 15 is 0 Å². The van der Waals surface area contributed by atoms with Crippen LogP contribution in [0, 0.1) is 10.8 Å². The summed E-state index contributed by atoms with van der Waals surface area (Å²) in [6.45, 7) is 4.48. The van der Waals surface area contributed by atoms with Gasteiger partial charge in [-0.1, -0.05) is 44.2 Å². The van der Waals surface area contributed by atoms with E-state index in [0.29, 0.717) is 39.8 Å². The summed E-state index contributed by atoms with van der Waals surface area (Å²) in [6, 6.07) is 18.1. The van der Waals surface area contributed by atoms with E-state index in [4.69, 9.17) is 20.3 Å². The predicted molar refractivity (Wildman–Crippen MR) is 135 cm³/mol. The lowest BCUT2D eigenvalue weighted by Crippen LogP contribution is -2.15. The third kappa shape index (κ3) is 3.08. The Morgan fingerprint density at radius 3 is 2.35 bits per heavy atom. The number of hydrogen-bond acceptors (Lipinski definition) is 4. The van der Waals surface area contributed by atoms with Crippen molar-refractivity contribution in [1.29, 1.82) is 10.8 Å². The first-order chi connectivity index (χ1) is 16.4. The van der Waals surface area contributed by atoms with E-state index in [9.17, 15) is 0 Å². The maximum absolute atomic E-state index is 8.45. The molecule has 164 valence electrons. The van der Waals surface area contributed by atoms with Crippen LogP contribution in [0.1, 0.15) is 30.5 Å². The van der Waals surface area contributed by atoms with Crippen LogP contribution in [0.4, 0.5) is 0 Å². The molecule has 1 heterocycles. The smallest absolute Gasteiger partial charge is 0.170 e. The van der Waals surface area contributed by atoms with Crippen LogP contribution in [0.25, 0.3) is 11.1 Å². The molecule has 0 amide bonds. The molecule has 4 nitrogen and oxygen atoms in total. The lowest BCUT2D eigenvalue weighted by Gasteiger charge is -2.25. The van der Waals surface area contributed by atoms with Gasteiger partial charge in [0.05, 0.1) is 11.4 Å². The predicted octanol–water partition coefficient (Wildman–Crippen LogP) is 7.49. The van der Waals surface area contributed by atoms with Gasteiger partial charge in [0.25, 0.3) is 0 Å². The van der Waals surface area contributed by atoms with Crippen molar-refractivity contribution in [3.05, 3.63) is 113 Å². The van der Waals surface area contributed by atoms with Crippen LogP contribution in [0.2, 0.25) is 0 Å². The Bertz CT molecular complexity index is 1550. The van der Waals surface area contributed by atoms with Crippen LogP contribution in [0.15, 0.2) is 96.3 Å². The summed E-state index contributed by atoms with van der Waals surface area (Å²) < 4.78 is 12.5. The van der Waals surface area contributed by atoms with Crippen LogP contribution in [-0.2, 0) is 5.41 Å².